The van der Waals surface area contributed by atoms with Gasteiger partial charge in [-0.15, -0.1) is 0 Å². The lowest BCUT2D eigenvalue weighted by Crippen LogP contribution is -2.41. The summed E-state index contributed by atoms with van der Waals surface area (Å²) in [7, 11) is 3.15. The molecule has 9 nitrogen and oxygen atoms in total. The van der Waals surface area contributed by atoms with Crippen molar-refractivity contribution in [3.05, 3.63) is 52.9 Å². The quantitative estimate of drug-likeness (QED) is 0.619. The first kappa shape index (κ1) is 21.4. The van der Waals surface area contributed by atoms with Gasteiger partial charge in [0, 0.05) is 31.7 Å². The highest BCUT2D eigenvalue weighted by molar-refractivity contribution is 5.90. The Morgan fingerprint density at radius 2 is 1.79 bits per heavy atom. The second kappa shape index (κ2) is 8.82. The van der Waals surface area contributed by atoms with Crippen molar-refractivity contribution in [1.29, 1.82) is 0 Å². The van der Waals surface area contributed by atoms with Crippen LogP contribution in [0.3, 0.4) is 0 Å². The highest BCUT2D eigenvalue weighted by atomic mass is 16.6. The molecule has 2 aromatic carbocycles. The zero-order chi connectivity index (χ0) is 22.9. The van der Waals surface area contributed by atoms with E-state index in [0.29, 0.717) is 24.6 Å². The number of carbonyl (C=O) groups excluding carboxylic acids is 1. The minimum Gasteiger partial charge on any atom is -0.493 e. The third-order valence-corrected chi connectivity index (χ3v) is 6.56. The van der Waals surface area contributed by atoms with Crippen LogP contribution >= 0.6 is 0 Å². The number of carbonyl (C=O) groups is 1. The molecule has 2 aliphatic heterocycles. The lowest BCUT2D eigenvalue weighted by atomic mass is 10.0. The van der Waals surface area contributed by atoms with Crippen molar-refractivity contribution in [2.75, 3.05) is 45.3 Å². The average molecular weight is 453 g/mol. The summed E-state index contributed by atoms with van der Waals surface area (Å²) >= 11 is 0. The number of para-hydroxylation sites is 2. The summed E-state index contributed by atoms with van der Waals surface area (Å²) in [5, 5.41) is 0. The van der Waals surface area contributed by atoms with Crippen LogP contribution in [0.15, 0.2) is 47.3 Å². The maximum absolute atomic E-state index is 12.5. The number of nitrogens with one attached hydrogen (secondary N) is 1. The van der Waals surface area contributed by atoms with Gasteiger partial charge in [-0.3, -0.25) is 14.4 Å². The van der Waals surface area contributed by atoms with Gasteiger partial charge in [0.2, 0.25) is 0 Å². The van der Waals surface area contributed by atoms with Gasteiger partial charge in [-0.05, 0) is 37.1 Å². The fourth-order valence-electron chi connectivity index (χ4n) is 4.91. The molecule has 0 spiro atoms. The van der Waals surface area contributed by atoms with Crippen LogP contribution in [0.4, 0.5) is 10.5 Å². The molecule has 2 saturated heterocycles. The molecule has 5 rings (SSSR count). The van der Waals surface area contributed by atoms with Crippen molar-refractivity contribution in [1.82, 2.24) is 14.5 Å². The molecule has 1 amide bonds. The van der Waals surface area contributed by atoms with Crippen LogP contribution in [0, 0.1) is 0 Å². The third kappa shape index (κ3) is 4.04. The van der Waals surface area contributed by atoms with E-state index in [4.69, 9.17) is 14.2 Å². The van der Waals surface area contributed by atoms with Gasteiger partial charge >= 0.3 is 11.8 Å². The van der Waals surface area contributed by atoms with Gasteiger partial charge in [0.25, 0.3) is 0 Å². The van der Waals surface area contributed by atoms with E-state index >= 15 is 0 Å². The number of hydrogen-bond donors (Lipinski definition) is 1. The van der Waals surface area contributed by atoms with Gasteiger partial charge in [0.15, 0.2) is 11.5 Å². The number of aromatic nitrogens is 2. The van der Waals surface area contributed by atoms with E-state index in [1.54, 1.807) is 31.3 Å². The molecule has 3 aromatic rings. The molecule has 2 aliphatic rings. The summed E-state index contributed by atoms with van der Waals surface area (Å²) < 4.78 is 18.2. The zero-order valence-electron chi connectivity index (χ0n) is 18.8. The summed E-state index contributed by atoms with van der Waals surface area (Å²) in [6, 6.07) is 13.4. The van der Waals surface area contributed by atoms with E-state index in [1.165, 1.54) is 0 Å². The molecule has 0 aliphatic carbocycles. The first-order chi connectivity index (χ1) is 16.1. The number of benzene rings is 2. The second-order valence-electron chi connectivity index (χ2n) is 8.50. The van der Waals surface area contributed by atoms with Gasteiger partial charge < -0.3 is 19.2 Å². The highest BCUT2D eigenvalue weighted by Crippen LogP contribution is 2.33. The summed E-state index contributed by atoms with van der Waals surface area (Å²) in [6.45, 7) is 2.85. The smallest absolute Gasteiger partial charge is 0.414 e. The van der Waals surface area contributed by atoms with Crippen molar-refractivity contribution in [2.45, 2.75) is 25.0 Å². The van der Waals surface area contributed by atoms with Gasteiger partial charge in [-0.2, -0.15) is 0 Å². The molecule has 0 saturated carbocycles. The van der Waals surface area contributed by atoms with Gasteiger partial charge in [0.1, 0.15) is 6.10 Å². The van der Waals surface area contributed by atoms with E-state index in [0.717, 1.165) is 42.7 Å². The number of fused-ring (bicyclic) bond motifs is 1. The maximum atomic E-state index is 12.5. The van der Waals surface area contributed by atoms with Gasteiger partial charge in [0.05, 0.1) is 37.5 Å². The third-order valence-electron chi connectivity index (χ3n) is 6.56. The number of amides is 1. The largest absolute Gasteiger partial charge is 0.493 e. The standard InChI is InChI=1S/C24H28N4O5/c1-31-21-8-7-17(13-22(21)32-2)27-15-18(33-24(27)30)14-26-11-9-16(10-12-26)28-20-6-4-3-5-19(20)25-23(28)29/h3-8,13,16,18H,9-12,14-15H2,1-2H3,(H,25,29). The SMILES string of the molecule is COc1ccc(N2CC(CN3CCC(n4c(=O)[nH]c5ccccc54)CC3)OC2=O)cc1OC. The van der Waals surface area contributed by atoms with Crippen LogP contribution in [0.1, 0.15) is 18.9 Å². The number of nitrogens with zero attached hydrogens (tertiary/aromatic N) is 3. The molecule has 0 radical (unpaired) electrons. The number of piperidine rings is 1. The molecule has 3 heterocycles. The van der Waals surface area contributed by atoms with E-state index in [2.05, 4.69) is 9.88 Å². The lowest BCUT2D eigenvalue weighted by molar-refractivity contribution is 0.0925. The Kier molecular flexibility index (Phi) is 5.72. The van der Waals surface area contributed by atoms with Crippen LogP contribution in [-0.4, -0.2) is 67.0 Å². The number of anilines is 1. The first-order valence-corrected chi connectivity index (χ1v) is 11.2. The number of aromatic amines is 1. The number of methoxy groups -OCH3 is 2. The minimum atomic E-state index is -0.354. The molecule has 0 bridgehead atoms. The van der Waals surface area contributed by atoms with Crippen molar-refractivity contribution >= 4 is 22.8 Å². The Hall–Kier alpha value is -3.46. The second-order valence-corrected chi connectivity index (χ2v) is 8.50. The van der Waals surface area contributed by atoms with Crippen LogP contribution < -0.4 is 20.1 Å². The normalized spacial score (nSPS) is 19.8. The number of ether oxygens (including phenoxy) is 3. The summed E-state index contributed by atoms with van der Waals surface area (Å²) in [4.78, 5) is 31.9. The van der Waals surface area contributed by atoms with Crippen molar-refractivity contribution in [3.63, 3.8) is 0 Å². The van der Waals surface area contributed by atoms with E-state index in [1.807, 2.05) is 34.9 Å². The molecule has 1 N–H and O–H groups in total. The number of likely N-dealkylation sites (tertiary alicyclic amines) is 1. The minimum absolute atomic E-state index is 0.0510. The topological polar surface area (TPSA) is 89.0 Å². The Balaban J connectivity index is 1.21. The van der Waals surface area contributed by atoms with Gasteiger partial charge in [-0.1, -0.05) is 12.1 Å². The molecule has 9 heteroatoms. The van der Waals surface area contributed by atoms with Crippen LogP contribution in [0.2, 0.25) is 0 Å². The van der Waals surface area contributed by atoms with Crippen LogP contribution in [0.5, 0.6) is 11.5 Å². The maximum Gasteiger partial charge on any atom is 0.414 e. The van der Waals surface area contributed by atoms with Gasteiger partial charge in [-0.25, -0.2) is 9.59 Å². The average Bonchev–Trinajstić information content (AvgIpc) is 3.37. The molecule has 174 valence electrons. The number of rotatable bonds is 6. The molecule has 33 heavy (non-hydrogen) atoms. The Bertz CT molecular complexity index is 1210. The van der Waals surface area contributed by atoms with Crippen LogP contribution in [-0.2, 0) is 4.74 Å². The van der Waals surface area contributed by atoms with E-state index in [-0.39, 0.29) is 23.9 Å². The predicted octanol–water partition coefficient (Wildman–Crippen LogP) is 3.01. The fourth-order valence-corrected chi connectivity index (χ4v) is 4.91. The van der Waals surface area contributed by atoms with Crippen molar-refractivity contribution in [3.8, 4) is 11.5 Å². The fraction of sp³-hybridized carbons (Fsp3) is 0.417. The number of cyclic esters (lactones) is 1. The number of imidazole rings is 1. The Morgan fingerprint density at radius 3 is 2.55 bits per heavy atom. The van der Waals surface area contributed by atoms with Crippen LogP contribution in [0.25, 0.3) is 11.0 Å². The molecule has 1 unspecified atom stereocenters. The number of H-pyrrole nitrogens is 1. The summed E-state index contributed by atoms with van der Waals surface area (Å²) in [6.07, 6.45) is 1.19. The van der Waals surface area contributed by atoms with Crippen molar-refractivity contribution in [2.24, 2.45) is 0 Å². The summed E-state index contributed by atoms with van der Waals surface area (Å²) in [5.74, 6) is 1.18. The molecule has 1 atom stereocenters. The van der Waals surface area contributed by atoms with Crippen molar-refractivity contribution < 1.29 is 19.0 Å². The monoisotopic (exact) mass is 452 g/mol. The molecular weight excluding hydrogens is 424 g/mol. The predicted molar refractivity (Wildman–Crippen MR) is 124 cm³/mol. The molecular formula is C24H28N4O5. The highest BCUT2D eigenvalue weighted by Gasteiger charge is 2.35. The zero-order valence-corrected chi connectivity index (χ0v) is 18.8. The first-order valence-electron chi connectivity index (χ1n) is 11.2. The lowest BCUT2D eigenvalue weighted by Gasteiger charge is -2.33. The number of hydrogen-bond acceptors (Lipinski definition) is 6. The summed E-state index contributed by atoms with van der Waals surface area (Å²) in [5.41, 5.74) is 2.50. The molecule has 2 fully saturated rings. The van der Waals surface area contributed by atoms with E-state index in [9.17, 15) is 9.59 Å². The molecule has 1 aromatic heterocycles. The Morgan fingerprint density at radius 1 is 1.03 bits per heavy atom. The van der Waals surface area contributed by atoms with E-state index < -0.39 is 0 Å². The Labute approximate surface area is 191 Å².